The number of aromatic nitrogens is 3. The highest BCUT2D eigenvalue weighted by Crippen LogP contribution is 2.20. The third-order valence-corrected chi connectivity index (χ3v) is 4.97. The molecule has 7 nitrogen and oxygen atoms in total. The number of imidazole rings is 1. The van der Waals surface area contributed by atoms with Gasteiger partial charge >= 0.3 is 0 Å². The second-order valence-corrected chi connectivity index (χ2v) is 7.10. The third-order valence-electron chi connectivity index (χ3n) is 4.97. The van der Waals surface area contributed by atoms with Gasteiger partial charge in [0, 0.05) is 44.8 Å². The van der Waals surface area contributed by atoms with Gasteiger partial charge in [-0.2, -0.15) is 0 Å². The highest BCUT2D eigenvalue weighted by atomic mass is 127. The van der Waals surface area contributed by atoms with E-state index in [1.54, 1.807) is 12.3 Å². The highest BCUT2D eigenvalue weighted by molar-refractivity contribution is 14.0. The summed E-state index contributed by atoms with van der Waals surface area (Å²) >= 11 is 0. The van der Waals surface area contributed by atoms with Gasteiger partial charge in [-0.3, -0.25) is 4.99 Å². The molecule has 4 rings (SSSR count). The first-order chi connectivity index (χ1) is 14.2. The molecule has 30 heavy (non-hydrogen) atoms. The van der Waals surface area contributed by atoms with Gasteiger partial charge in [0.15, 0.2) is 17.6 Å². The summed E-state index contributed by atoms with van der Waals surface area (Å²) in [6.45, 7) is 4.91. The summed E-state index contributed by atoms with van der Waals surface area (Å²) in [5, 5.41) is 6.75. The van der Waals surface area contributed by atoms with E-state index in [-0.39, 0.29) is 35.8 Å². The molecule has 2 aromatic heterocycles. The van der Waals surface area contributed by atoms with Crippen molar-refractivity contribution in [3.05, 3.63) is 54.2 Å². The van der Waals surface area contributed by atoms with Crippen LogP contribution in [0.15, 0.2) is 47.6 Å². The molecule has 9 heteroatoms. The normalized spacial score (nSPS) is 16.5. The summed E-state index contributed by atoms with van der Waals surface area (Å²) < 4.78 is 14.0. The predicted octanol–water partition coefficient (Wildman–Crippen LogP) is 3.09. The van der Waals surface area contributed by atoms with Gasteiger partial charge in [-0.15, -0.1) is 24.0 Å². The minimum absolute atomic E-state index is 0. The van der Waals surface area contributed by atoms with Gasteiger partial charge < -0.3 is 20.5 Å². The van der Waals surface area contributed by atoms with Crippen molar-refractivity contribution in [3.8, 4) is 0 Å². The molecule has 1 saturated heterocycles. The number of nitrogens with zero attached hydrogens (tertiary/aromatic N) is 4. The summed E-state index contributed by atoms with van der Waals surface area (Å²) in [7, 11) is 0. The topological polar surface area (TPSA) is 81.2 Å². The second-order valence-electron chi connectivity index (χ2n) is 7.10. The SMILES string of the molecule is CCNC(=NCCc1nc2ccccc2[nH]1)NC1CCN(c2ncccc2F)C1.I. The van der Waals surface area contributed by atoms with Crippen LogP contribution in [0.4, 0.5) is 10.2 Å². The van der Waals surface area contributed by atoms with Gasteiger partial charge in [0.05, 0.1) is 11.0 Å². The number of hydrogen-bond acceptors (Lipinski definition) is 4. The Hall–Kier alpha value is -2.43. The first-order valence-corrected chi connectivity index (χ1v) is 10.1. The average molecular weight is 523 g/mol. The number of anilines is 1. The summed E-state index contributed by atoms with van der Waals surface area (Å²) in [6, 6.07) is 11.3. The van der Waals surface area contributed by atoms with Crippen molar-refractivity contribution in [3.63, 3.8) is 0 Å². The first kappa shape index (κ1) is 22.3. The van der Waals surface area contributed by atoms with E-state index in [1.165, 1.54) is 6.07 Å². The van der Waals surface area contributed by atoms with E-state index in [4.69, 9.17) is 0 Å². The Morgan fingerprint density at radius 2 is 2.17 bits per heavy atom. The van der Waals surface area contributed by atoms with Crippen LogP contribution in [0.5, 0.6) is 0 Å². The van der Waals surface area contributed by atoms with Crippen molar-refractivity contribution in [1.29, 1.82) is 0 Å². The lowest BCUT2D eigenvalue weighted by molar-refractivity contribution is 0.612. The molecule has 0 saturated carbocycles. The fourth-order valence-corrected chi connectivity index (χ4v) is 3.59. The number of fused-ring (bicyclic) bond motifs is 1. The second kappa shape index (κ2) is 10.6. The number of aromatic amines is 1. The smallest absolute Gasteiger partial charge is 0.191 e. The van der Waals surface area contributed by atoms with E-state index in [9.17, 15) is 4.39 Å². The molecule has 0 bridgehead atoms. The molecule has 0 aliphatic carbocycles. The van der Waals surface area contributed by atoms with Gasteiger partial charge in [-0.25, -0.2) is 14.4 Å². The molecule has 1 atom stereocenters. The molecule has 3 heterocycles. The molecule has 0 radical (unpaired) electrons. The van der Waals surface area contributed by atoms with Gasteiger partial charge in [-0.05, 0) is 37.6 Å². The van der Waals surface area contributed by atoms with Gasteiger partial charge in [-0.1, -0.05) is 12.1 Å². The molecule has 1 aromatic carbocycles. The van der Waals surface area contributed by atoms with Crippen molar-refractivity contribution in [2.75, 3.05) is 31.1 Å². The first-order valence-electron chi connectivity index (χ1n) is 10.1. The van der Waals surface area contributed by atoms with Crippen LogP contribution in [0, 0.1) is 5.82 Å². The van der Waals surface area contributed by atoms with Crippen LogP contribution in [0.1, 0.15) is 19.2 Å². The maximum Gasteiger partial charge on any atom is 0.191 e. The van der Waals surface area contributed by atoms with Crippen LogP contribution in [0.25, 0.3) is 11.0 Å². The zero-order valence-corrected chi connectivity index (χ0v) is 19.3. The van der Waals surface area contributed by atoms with Crippen molar-refractivity contribution < 1.29 is 4.39 Å². The zero-order chi connectivity index (χ0) is 20.1. The van der Waals surface area contributed by atoms with Crippen molar-refractivity contribution in [2.24, 2.45) is 4.99 Å². The number of hydrogen-bond donors (Lipinski definition) is 3. The molecule has 1 unspecified atom stereocenters. The molecular weight excluding hydrogens is 496 g/mol. The maximum absolute atomic E-state index is 14.0. The number of halogens is 2. The number of guanidine groups is 1. The monoisotopic (exact) mass is 523 g/mol. The number of pyridine rings is 1. The maximum atomic E-state index is 14.0. The van der Waals surface area contributed by atoms with Crippen LogP contribution in [0.3, 0.4) is 0 Å². The van der Waals surface area contributed by atoms with Gasteiger partial charge in [0.1, 0.15) is 5.82 Å². The summed E-state index contributed by atoms with van der Waals surface area (Å²) in [5.41, 5.74) is 2.02. The highest BCUT2D eigenvalue weighted by Gasteiger charge is 2.25. The van der Waals surface area contributed by atoms with Gasteiger partial charge in [0.25, 0.3) is 0 Å². The summed E-state index contributed by atoms with van der Waals surface area (Å²) in [4.78, 5) is 18.8. The molecule has 1 fully saturated rings. The molecule has 3 aromatic rings. The molecular formula is C21H27FIN7. The number of aliphatic imine (C=N–C) groups is 1. The fourth-order valence-electron chi connectivity index (χ4n) is 3.59. The Balaban J connectivity index is 0.00000256. The fraction of sp³-hybridized carbons (Fsp3) is 0.381. The van der Waals surface area contributed by atoms with Gasteiger partial charge in [0.2, 0.25) is 0 Å². The molecule has 160 valence electrons. The van der Waals surface area contributed by atoms with Crippen molar-refractivity contribution >= 4 is 46.8 Å². The van der Waals surface area contributed by atoms with Crippen LogP contribution < -0.4 is 15.5 Å². The Bertz CT molecular complexity index is 957. The minimum atomic E-state index is -0.278. The largest absolute Gasteiger partial charge is 0.357 e. The molecule has 0 spiro atoms. The third kappa shape index (κ3) is 5.38. The summed E-state index contributed by atoms with van der Waals surface area (Å²) in [6.07, 6.45) is 3.27. The Labute approximate surface area is 192 Å². The van der Waals surface area contributed by atoms with Crippen LogP contribution in [0.2, 0.25) is 0 Å². The number of benzene rings is 1. The van der Waals surface area contributed by atoms with Crippen molar-refractivity contribution in [2.45, 2.75) is 25.8 Å². The predicted molar refractivity (Wildman–Crippen MR) is 129 cm³/mol. The van der Waals surface area contributed by atoms with Crippen molar-refractivity contribution in [1.82, 2.24) is 25.6 Å². The molecule has 1 aliphatic heterocycles. The molecule has 0 amide bonds. The Morgan fingerprint density at radius 1 is 1.30 bits per heavy atom. The van der Waals surface area contributed by atoms with Crippen LogP contribution in [-0.2, 0) is 6.42 Å². The van der Waals surface area contributed by atoms with E-state index in [1.807, 2.05) is 36.1 Å². The zero-order valence-electron chi connectivity index (χ0n) is 16.9. The van der Waals surface area contributed by atoms with Crippen LogP contribution >= 0.6 is 24.0 Å². The number of nitrogens with one attached hydrogen (secondary N) is 3. The van der Waals surface area contributed by atoms with E-state index < -0.39 is 0 Å². The Morgan fingerprint density at radius 3 is 2.97 bits per heavy atom. The number of H-pyrrole nitrogens is 1. The average Bonchev–Trinajstić information content (AvgIpc) is 3.35. The Kier molecular flexibility index (Phi) is 7.83. The van der Waals surface area contributed by atoms with Crippen LogP contribution in [-0.4, -0.2) is 53.1 Å². The van der Waals surface area contributed by atoms with E-state index >= 15 is 0 Å². The quantitative estimate of drug-likeness (QED) is 0.263. The van der Waals surface area contributed by atoms with E-state index in [0.717, 1.165) is 48.7 Å². The lowest BCUT2D eigenvalue weighted by Gasteiger charge is -2.19. The lowest BCUT2D eigenvalue weighted by atomic mass is 10.3. The molecule has 3 N–H and O–H groups in total. The summed E-state index contributed by atoms with van der Waals surface area (Å²) in [5.74, 6) is 1.85. The van der Waals surface area contributed by atoms with E-state index in [2.05, 4.69) is 30.6 Å². The molecule has 1 aliphatic rings. The van der Waals surface area contributed by atoms with E-state index in [0.29, 0.717) is 18.9 Å². The minimum Gasteiger partial charge on any atom is -0.357 e. The standard InChI is InChI=1S/C21H26FN7.HI/c1-2-23-21(25-12-9-19-27-17-7-3-4-8-18(17)28-19)26-15-10-13-29(14-15)20-16(22)6-5-11-24-20;/h3-8,11,15H,2,9-10,12-14H2,1H3,(H,27,28)(H2,23,25,26);1H. The number of para-hydroxylation sites is 2. The number of rotatable bonds is 6. The lowest BCUT2D eigenvalue weighted by Crippen LogP contribution is -2.44.